The standard InChI is InChI=1S/C17H20FN3OS/c18-11-5-10-6-15(17-20-13(8-22)9-23-17)21-16(10)14(7-11)19-12-3-1-2-4-12/h5-7,12-13,19,21-22H,1-4,8-9H2/t13-/m1/s1. The van der Waals surface area contributed by atoms with Crippen LogP contribution in [-0.4, -0.2) is 39.6 Å². The summed E-state index contributed by atoms with van der Waals surface area (Å²) in [6, 6.07) is 5.47. The van der Waals surface area contributed by atoms with Crippen molar-refractivity contribution in [2.75, 3.05) is 17.7 Å². The molecule has 122 valence electrons. The number of nitrogens with zero attached hydrogens (tertiary/aromatic N) is 1. The summed E-state index contributed by atoms with van der Waals surface area (Å²) in [6.45, 7) is 0.0693. The molecule has 0 amide bonds. The van der Waals surface area contributed by atoms with E-state index >= 15 is 0 Å². The molecule has 2 aromatic rings. The minimum Gasteiger partial charge on any atom is -0.394 e. The van der Waals surface area contributed by atoms with Crippen LogP contribution in [-0.2, 0) is 0 Å². The Hall–Kier alpha value is -1.53. The molecular formula is C17H20FN3OS. The number of anilines is 1. The molecule has 6 heteroatoms. The summed E-state index contributed by atoms with van der Waals surface area (Å²) in [4.78, 5) is 7.90. The maximum atomic E-state index is 14.0. The molecule has 0 bridgehead atoms. The third-order valence-corrected chi connectivity index (χ3v) is 5.71. The van der Waals surface area contributed by atoms with Gasteiger partial charge in [-0.25, -0.2) is 4.39 Å². The first-order valence-electron chi connectivity index (χ1n) is 8.13. The molecule has 0 radical (unpaired) electrons. The molecule has 3 N–H and O–H groups in total. The average molecular weight is 333 g/mol. The Morgan fingerprint density at radius 1 is 1.30 bits per heavy atom. The Labute approximate surface area is 138 Å². The summed E-state index contributed by atoms with van der Waals surface area (Å²) in [6.07, 6.45) is 4.77. The molecule has 1 aliphatic heterocycles. The summed E-state index contributed by atoms with van der Waals surface area (Å²) >= 11 is 1.63. The molecule has 0 spiro atoms. The lowest BCUT2D eigenvalue weighted by Gasteiger charge is -2.14. The minimum absolute atomic E-state index is 0.0331. The number of aromatic amines is 1. The quantitative estimate of drug-likeness (QED) is 0.802. The van der Waals surface area contributed by atoms with Gasteiger partial charge in [0, 0.05) is 17.2 Å². The van der Waals surface area contributed by atoms with E-state index in [2.05, 4.69) is 15.3 Å². The van der Waals surface area contributed by atoms with Crippen molar-refractivity contribution in [3.8, 4) is 0 Å². The zero-order valence-corrected chi connectivity index (χ0v) is 13.6. The fourth-order valence-electron chi connectivity index (χ4n) is 3.38. The molecule has 4 rings (SSSR count). The first-order chi connectivity index (χ1) is 11.2. The summed E-state index contributed by atoms with van der Waals surface area (Å²) in [5.74, 6) is 0.570. The fraction of sp³-hybridized carbons (Fsp3) is 0.471. The number of rotatable bonds is 4. The fourth-order valence-corrected chi connectivity index (χ4v) is 4.40. The van der Waals surface area contributed by atoms with Gasteiger partial charge in [-0.3, -0.25) is 4.99 Å². The number of hydrogen-bond donors (Lipinski definition) is 3. The van der Waals surface area contributed by atoms with Crippen molar-refractivity contribution < 1.29 is 9.50 Å². The lowest BCUT2D eigenvalue weighted by Crippen LogP contribution is -2.14. The molecule has 2 aliphatic rings. The maximum Gasteiger partial charge on any atom is 0.126 e. The van der Waals surface area contributed by atoms with Crippen LogP contribution in [0.5, 0.6) is 0 Å². The van der Waals surface area contributed by atoms with E-state index in [-0.39, 0.29) is 18.5 Å². The molecule has 1 saturated carbocycles. The number of aliphatic hydroxyl groups is 1. The first-order valence-corrected chi connectivity index (χ1v) is 9.12. The summed E-state index contributed by atoms with van der Waals surface area (Å²) < 4.78 is 14.0. The number of thioether (sulfide) groups is 1. The van der Waals surface area contributed by atoms with E-state index in [1.165, 1.54) is 12.8 Å². The molecule has 2 heterocycles. The van der Waals surface area contributed by atoms with E-state index < -0.39 is 0 Å². The van der Waals surface area contributed by atoms with Crippen LogP contribution in [0.25, 0.3) is 10.9 Å². The number of hydrogen-bond acceptors (Lipinski definition) is 4. The van der Waals surface area contributed by atoms with Crippen molar-refractivity contribution in [2.45, 2.75) is 37.8 Å². The van der Waals surface area contributed by atoms with E-state index in [4.69, 9.17) is 0 Å². The highest BCUT2D eigenvalue weighted by molar-refractivity contribution is 8.14. The molecular weight excluding hydrogens is 313 g/mol. The molecule has 23 heavy (non-hydrogen) atoms. The van der Waals surface area contributed by atoms with Crippen molar-refractivity contribution in [2.24, 2.45) is 4.99 Å². The number of fused-ring (bicyclic) bond motifs is 1. The lowest BCUT2D eigenvalue weighted by atomic mass is 10.2. The Bertz CT molecular complexity index is 752. The molecule has 0 saturated heterocycles. The molecule has 0 unspecified atom stereocenters. The number of aliphatic hydroxyl groups excluding tert-OH is 1. The van der Waals surface area contributed by atoms with Gasteiger partial charge in [-0.15, -0.1) is 11.8 Å². The SMILES string of the molecule is OC[C@@H]1CSC(c2cc3cc(F)cc(NC4CCCC4)c3[nH]2)=N1. The zero-order chi connectivity index (χ0) is 15.8. The van der Waals surface area contributed by atoms with Gasteiger partial charge >= 0.3 is 0 Å². The van der Waals surface area contributed by atoms with Crippen molar-refractivity contribution in [3.63, 3.8) is 0 Å². The first kappa shape index (κ1) is 15.0. The van der Waals surface area contributed by atoms with E-state index in [0.29, 0.717) is 6.04 Å². The van der Waals surface area contributed by atoms with Gasteiger partial charge in [0.05, 0.1) is 29.5 Å². The van der Waals surface area contributed by atoms with Gasteiger partial charge in [0.1, 0.15) is 10.9 Å². The molecule has 1 aromatic heterocycles. The summed E-state index contributed by atoms with van der Waals surface area (Å²) in [7, 11) is 0. The van der Waals surface area contributed by atoms with Gasteiger partial charge in [-0.1, -0.05) is 12.8 Å². The zero-order valence-electron chi connectivity index (χ0n) is 12.8. The van der Waals surface area contributed by atoms with Gasteiger partial charge in [0.2, 0.25) is 0 Å². The second kappa shape index (κ2) is 6.17. The van der Waals surface area contributed by atoms with Crippen molar-refractivity contribution >= 4 is 33.4 Å². The van der Waals surface area contributed by atoms with Gasteiger partial charge in [-0.05, 0) is 31.0 Å². The summed E-state index contributed by atoms with van der Waals surface area (Å²) in [5.41, 5.74) is 2.67. The molecule has 1 atom stereocenters. The lowest BCUT2D eigenvalue weighted by molar-refractivity contribution is 0.277. The minimum atomic E-state index is -0.224. The predicted octanol–water partition coefficient (Wildman–Crippen LogP) is 3.52. The Morgan fingerprint density at radius 2 is 2.13 bits per heavy atom. The van der Waals surface area contributed by atoms with E-state index in [0.717, 1.165) is 45.9 Å². The number of halogens is 1. The highest BCUT2D eigenvalue weighted by Crippen LogP contribution is 2.31. The maximum absolute atomic E-state index is 14.0. The van der Waals surface area contributed by atoms with Crippen LogP contribution in [0.15, 0.2) is 23.2 Å². The average Bonchev–Trinajstić information content (AvgIpc) is 3.26. The molecule has 1 fully saturated rings. The largest absolute Gasteiger partial charge is 0.394 e. The third kappa shape index (κ3) is 2.97. The van der Waals surface area contributed by atoms with Crippen molar-refractivity contribution in [1.29, 1.82) is 0 Å². The van der Waals surface area contributed by atoms with Crippen molar-refractivity contribution in [3.05, 3.63) is 29.7 Å². The van der Waals surface area contributed by atoms with Crippen LogP contribution in [0.4, 0.5) is 10.1 Å². The van der Waals surface area contributed by atoms with E-state index in [1.807, 2.05) is 6.07 Å². The van der Waals surface area contributed by atoms with Crippen LogP contribution in [0, 0.1) is 5.82 Å². The predicted molar refractivity (Wildman–Crippen MR) is 94.0 cm³/mol. The second-order valence-corrected chi connectivity index (χ2v) is 7.32. The van der Waals surface area contributed by atoms with E-state index in [9.17, 15) is 9.50 Å². The normalized spacial score (nSPS) is 22.0. The van der Waals surface area contributed by atoms with Gasteiger partial charge < -0.3 is 15.4 Å². The highest BCUT2D eigenvalue weighted by Gasteiger charge is 2.21. The number of benzene rings is 1. The van der Waals surface area contributed by atoms with Gasteiger partial charge in [-0.2, -0.15) is 0 Å². The Morgan fingerprint density at radius 3 is 2.87 bits per heavy atom. The number of nitrogens with one attached hydrogen (secondary N) is 2. The molecule has 1 aromatic carbocycles. The van der Waals surface area contributed by atoms with Gasteiger partial charge in [0.25, 0.3) is 0 Å². The van der Waals surface area contributed by atoms with Crippen molar-refractivity contribution in [1.82, 2.24) is 4.98 Å². The Kier molecular flexibility index (Phi) is 4.03. The van der Waals surface area contributed by atoms with Crippen LogP contribution in [0.3, 0.4) is 0 Å². The smallest absolute Gasteiger partial charge is 0.126 e. The molecule has 1 aliphatic carbocycles. The van der Waals surface area contributed by atoms with E-state index in [1.54, 1.807) is 23.9 Å². The second-order valence-electron chi connectivity index (χ2n) is 6.31. The number of H-pyrrole nitrogens is 1. The topological polar surface area (TPSA) is 60.4 Å². The Balaban J connectivity index is 1.70. The van der Waals surface area contributed by atoms with Crippen LogP contribution < -0.4 is 5.32 Å². The van der Waals surface area contributed by atoms with Gasteiger partial charge in [0.15, 0.2) is 0 Å². The monoisotopic (exact) mass is 333 g/mol. The van der Waals surface area contributed by atoms with Crippen LogP contribution >= 0.6 is 11.8 Å². The number of aliphatic imine (C=N–C) groups is 1. The van der Waals surface area contributed by atoms with Crippen LogP contribution in [0.2, 0.25) is 0 Å². The van der Waals surface area contributed by atoms with Crippen LogP contribution in [0.1, 0.15) is 31.4 Å². The highest BCUT2D eigenvalue weighted by atomic mass is 32.2. The third-order valence-electron chi connectivity index (χ3n) is 4.56. The summed E-state index contributed by atoms with van der Waals surface area (Å²) in [5, 5.41) is 14.5. The number of aromatic nitrogens is 1. The molecule has 4 nitrogen and oxygen atoms in total.